The van der Waals surface area contributed by atoms with Crippen LogP contribution in [0.15, 0.2) is 24.3 Å². The van der Waals surface area contributed by atoms with Crippen molar-refractivity contribution in [3.05, 3.63) is 29.8 Å². The number of esters is 1. The second kappa shape index (κ2) is 8.09. The number of amides is 1. The second-order valence-corrected chi connectivity index (χ2v) is 5.54. The number of carbonyl (C=O) groups excluding carboxylic acids is 2. The lowest BCUT2D eigenvalue weighted by Gasteiger charge is -2.35. The van der Waals surface area contributed by atoms with Crippen LogP contribution in [0.2, 0.25) is 0 Å². The van der Waals surface area contributed by atoms with Gasteiger partial charge in [0.25, 0.3) is 0 Å². The van der Waals surface area contributed by atoms with Crippen molar-refractivity contribution in [2.45, 2.75) is 45.6 Å². The molecule has 0 bridgehead atoms. The van der Waals surface area contributed by atoms with Crippen LogP contribution in [-0.4, -0.2) is 36.6 Å². The largest absolute Gasteiger partial charge is 0.463 e. The molecule has 2 N–H and O–H groups in total. The Morgan fingerprint density at radius 2 is 1.72 bits per heavy atom. The number of carbonyl (C=O) groups is 2. The zero-order valence-corrected chi connectivity index (χ0v) is 14.4. The third-order valence-electron chi connectivity index (χ3n) is 3.02. The number of nitrogens with one attached hydrogen (secondary N) is 2. The van der Waals surface area contributed by atoms with Crippen LogP contribution >= 0.6 is 0 Å². The van der Waals surface area contributed by atoms with Gasteiger partial charge in [-0.1, -0.05) is 17.7 Å². The van der Waals surface area contributed by atoms with E-state index in [9.17, 15) is 22.8 Å². The molecule has 1 rings (SSSR count). The Hall–Kier alpha value is -2.45. The Bertz CT molecular complexity index is 602. The maximum atomic E-state index is 13.8. The highest BCUT2D eigenvalue weighted by molar-refractivity contribution is 5.89. The molecular formula is C16H21F3N2O4. The van der Waals surface area contributed by atoms with Crippen LogP contribution in [-0.2, 0) is 14.3 Å². The molecule has 0 unspecified atom stereocenters. The maximum absolute atomic E-state index is 13.8. The Morgan fingerprint density at radius 1 is 1.16 bits per heavy atom. The summed E-state index contributed by atoms with van der Waals surface area (Å²) in [6.07, 6.45) is -7.27. The Kier molecular flexibility index (Phi) is 6.66. The fraction of sp³-hybridized carbons (Fsp3) is 0.500. The normalized spacial score (nSPS) is 13.8. The molecule has 0 aliphatic carbocycles. The van der Waals surface area contributed by atoms with E-state index in [0.29, 0.717) is 0 Å². The molecule has 1 aromatic carbocycles. The summed E-state index contributed by atoms with van der Waals surface area (Å²) in [4.78, 5) is 23.9. The van der Waals surface area contributed by atoms with Crippen LogP contribution in [0, 0.1) is 6.92 Å². The summed E-state index contributed by atoms with van der Waals surface area (Å²) in [5.41, 5.74) is -2.70. The number of benzene rings is 1. The summed E-state index contributed by atoms with van der Waals surface area (Å²) >= 11 is 0. The van der Waals surface area contributed by atoms with Gasteiger partial charge in [0.05, 0.1) is 12.7 Å². The minimum atomic E-state index is -5.19. The highest BCUT2D eigenvalue weighted by Crippen LogP contribution is 2.33. The Balaban J connectivity index is 3.31. The smallest absolute Gasteiger partial charge is 0.442 e. The predicted molar refractivity (Wildman–Crippen MR) is 85.0 cm³/mol. The van der Waals surface area contributed by atoms with Crippen LogP contribution in [0.1, 0.15) is 26.3 Å². The van der Waals surface area contributed by atoms with Gasteiger partial charge in [-0.2, -0.15) is 13.2 Å². The molecule has 25 heavy (non-hydrogen) atoms. The van der Waals surface area contributed by atoms with E-state index in [4.69, 9.17) is 0 Å². The summed E-state index contributed by atoms with van der Waals surface area (Å²) < 4.78 is 50.6. The molecule has 0 fully saturated rings. The molecule has 0 aromatic heterocycles. The van der Waals surface area contributed by atoms with Crippen LogP contribution in [0.3, 0.4) is 0 Å². The van der Waals surface area contributed by atoms with Gasteiger partial charge in [0.15, 0.2) is 0 Å². The number of hydrogen-bond donors (Lipinski definition) is 2. The van der Waals surface area contributed by atoms with Gasteiger partial charge in [-0.15, -0.1) is 0 Å². The van der Waals surface area contributed by atoms with Gasteiger partial charge in [0.2, 0.25) is 0 Å². The summed E-state index contributed by atoms with van der Waals surface area (Å²) in [6, 6.07) is 5.82. The van der Waals surface area contributed by atoms with Crippen molar-refractivity contribution < 1.29 is 32.2 Å². The summed E-state index contributed by atoms with van der Waals surface area (Å²) in [7, 11) is 0. The number of halogens is 3. The molecule has 0 radical (unpaired) electrons. The van der Waals surface area contributed by atoms with Gasteiger partial charge in [0.1, 0.15) is 0 Å². The van der Waals surface area contributed by atoms with E-state index in [1.807, 2.05) is 5.32 Å². The maximum Gasteiger partial charge on any atom is 0.442 e. The number of ether oxygens (including phenoxy) is 2. The van der Waals surface area contributed by atoms with Gasteiger partial charge in [0, 0.05) is 5.69 Å². The molecule has 0 saturated heterocycles. The van der Waals surface area contributed by atoms with Gasteiger partial charge < -0.3 is 14.8 Å². The third kappa shape index (κ3) is 5.27. The third-order valence-corrected chi connectivity index (χ3v) is 3.02. The van der Waals surface area contributed by atoms with Crippen molar-refractivity contribution in [3.8, 4) is 0 Å². The van der Waals surface area contributed by atoms with Crippen molar-refractivity contribution in [3.63, 3.8) is 0 Å². The fourth-order valence-electron chi connectivity index (χ4n) is 1.88. The highest BCUT2D eigenvalue weighted by Gasteiger charge is 2.64. The van der Waals surface area contributed by atoms with E-state index in [-0.39, 0.29) is 12.3 Å². The average molecular weight is 362 g/mol. The zero-order valence-electron chi connectivity index (χ0n) is 14.4. The van der Waals surface area contributed by atoms with E-state index in [1.165, 1.54) is 32.9 Å². The van der Waals surface area contributed by atoms with Crippen molar-refractivity contribution in [2.75, 3.05) is 11.9 Å². The first-order chi connectivity index (χ1) is 11.5. The molecule has 0 spiro atoms. The molecule has 1 atom stereocenters. The number of rotatable bonds is 6. The minimum absolute atomic E-state index is 0.0270. The van der Waals surface area contributed by atoms with E-state index < -0.39 is 30.0 Å². The lowest BCUT2D eigenvalue weighted by atomic mass is 10.1. The topological polar surface area (TPSA) is 76.7 Å². The van der Waals surface area contributed by atoms with Crippen molar-refractivity contribution in [2.24, 2.45) is 0 Å². The highest BCUT2D eigenvalue weighted by atomic mass is 19.4. The quantitative estimate of drug-likeness (QED) is 0.599. The molecular weight excluding hydrogens is 341 g/mol. The number of anilines is 1. The van der Waals surface area contributed by atoms with E-state index in [2.05, 4.69) is 9.47 Å². The molecule has 6 nitrogen and oxygen atoms in total. The Morgan fingerprint density at radius 3 is 2.16 bits per heavy atom. The first-order valence-corrected chi connectivity index (χ1v) is 7.59. The molecule has 1 aromatic rings. The van der Waals surface area contributed by atoms with E-state index in [0.717, 1.165) is 5.56 Å². The zero-order chi connectivity index (χ0) is 19.3. The lowest BCUT2D eigenvalue weighted by molar-refractivity contribution is -0.205. The van der Waals surface area contributed by atoms with Gasteiger partial charge in [-0.25, -0.2) is 9.59 Å². The summed E-state index contributed by atoms with van der Waals surface area (Å²) in [5.74, 6) is -1.69. The number of hydrogen-bond acceptors (Lipinski definition) is 5. The minimum Gasteiger partial charge on any atom is -0.463 e. The first-order valence-electron chi connectivity index (χ1n) is 7.59. The molecule has 0 saturated carbocycles. The first kappa shape index (κ1) is 20.6. The lowest BCUT2D eigenvalue weighted by Crippen LogP contribution is -2.69. The van der Waals surface area contributed by atoms with E-state index in [1.54, 1.807) is 24.4 Å². The van der Waals surface area contributed by atoms with Gasteiger partial charge in [-0.05, 0) is 39.8 Å². The predicted octanol–water partition coefficient (Wildman–Crippen LogP) is 3.36. The molecule has 9 heteroatoms. The summed E-state index contributed by atoms with van der Waals surface area (Å²) in [5, 5.41) is 3.61. The molecule has 0 heterocycles. The van der Waals surface area contributed by atoms with Crippen molar-refractivity contribution in [1.29, 1.82) is 0 Å². The van der Waals surface area contributed by atoms with Crippen LogP contribution in [0.5, 0.6) is 0 Å². The number of alkyl halides is 3. The molecule has 0 aliphatic rings. The molecule has 0 aliphatic heterocycles. The number of alkyl carbamates (subject to hydrolysis) is 1. The van der Waals surface area contributed by atoms with E-state index >= 15 is 0 Å². The van der Waals surface area contributed by atoms with Gasteiger partial charge >= 0.3 is 23.9 Å². The Labute approximate surface area is 143 Å². The number of aryl methyl sites for hydroxylation is 1. The molecule has 140 valence electrons. The van der Waals surface area contributed by atoms with Crippen molar-refractivity contribution >= 4 is 17.7 Å². The van der Waals surface area contributed by atoms with Crippen LogP contribution in [0.4, 0.5) is 23.7 Å². The van der Waals surface area contributed by atoms with Crippen LogP contribution in [0.25, 0.3) is 0 Å². The average Bonchev–Trinajstić information content (AvgIpc) is 2.47. The SMILES string of the molecule is CCOC(=O)[C@@](NC(=O)OC(C)C)(Nc1ccc(C)cc1)C(F)(F)F. The second-order valence-electron chi connectivity index (χ2n) is 5.54. The standard InChI is InChI=1S/C16H21F3N2O4/c1-5-24-13(22)15(16(17,18)19,21-14(23)25-10(2)3)20-12-8-6-11(4)7-9-12/h6-10,20H,5H2,1-4H3,(H,21,23)/t15-/m0/s1. The van der Waals surface area contributed by atoms with Crippen LogP contribution < -0.4 is 10.6 Å². The van der Waals surface area contributed by atoms with Gasteiger partial charge in [-0.3, -0.25) is 5.32 Å². The monoisotopic (exact) mass is 362 g/mol. The summed E-state index contributed by atoms with van der Waals surface area (Å²) in [6.45, 7) is 5.74. The fourth-order valence-corrected chi connectivity index (χ4v) is 1.88. The van der Waals surface area contributed by atoms with Crippen molar-refractivity contribution in [1.82, 2.24) is 5.32 Å². The molecule has 1 amide bonds.